The molecular formula is C13H16ClN3O. The summed E-state index contributed by atoms with van der Waals surface area (Å²) in [4.78, 5) is 0. The molecule has 0 aliphatic carbocycles. The number of nitrogens with zero attached hydrogens (tertiary/aromatic N) is 2. The molecule has 0 aliphatic rings. The largest absolute Gasteiger partial charge is 0.454 e. The fraction of sp³-hybridized carbons (Fsp3) is 0.308. The first-order valence-corrected chi connectivity index (χ1v) is 6.26. The number of aromatic nitrogens is 2. The van der Waals surface area contributed by atoms with Gasteiger partial charge in [-0.1, -0.05) is 11.6 Å². The van der Waals surface area contributed by atoms with Gasteiger partial charge in [0.2, 0.25) is 0 Å². The van der Waals surface area contributed by atoms with E-state index in [1.165, 1.54) is 0 Å². The third-order valence-corrected chi connectivity index (χ3v) is 2.72. The maximum atomic E-state index is 5.81. The maximum Gasteiger partial charge on any atom is 0.165 e. The zero-order valence-corrected chi connectivity index (χ0v) is 11.0. The van der Waals surface area contributed by atoms with Crippen molar-refractivity contribution in [2.45, 2.75) is 13.0 Å². The summed E-state index contributed by atoms with van der Waals surface area (Å²) in [6, 6.07) is 7.27. The van der Waals surface area contributed by atoms with Crippen LogP contribution in [0.1, 0.15) is 6.42 Å². The molecule has 1 aromatic heterocycles. The molecule has 1 heterocycles. The van der Waals surface area contributed by atoms with E-state index in [0.29, 0.717) is 5.02 Å². The zero-order chi connectivity index (χ0) is 12.8. The molecule has 0 amide bonds. The topological polar surface area (TPSA) is 39.1 Å². The second-order valence-corrected chi connectivity index (χ2v) is 4.39. The van der Waals surface area contributed by atoms with Gasteiger partial charge in [-0.15, -0.1) is 0 Å². The summed E-state index contributed by atoms with van der Waals surface area (Å²) in [6.45, 7) is 1.86. The summed E-state index contributed by atoms with van der Waals surface area (Å²) in [5.74, 6) is 1.50. The number of halogens is 1. The van der Waals surface area contributed by atoms with Crippen LogP contribution in [0.2, 0.25) is 5.02 Å². The van der Waals surface area contributed by atoms with Crippen LogP contribution in [-0.4, -0.2) is 23.4 Å². The standard InChI is InChI=1S/C13H16ClN3O/c1-15-7-2-8-17-10-13(9-16-17)18-12-5-3-11(14)4-6-12/h3-6,9-10,15H,2,7-8H2,1H3. The number of hydrogen-bond donors (Lipinski definition) is 1. The van der Waals surface area contributed by atoms with E-state index in [2.05, 4.69) is 10.4 Å². The van der Waals surface area contributed by atoms with Crippen LogP contribution in [0.3, 0.4) is 0 Å². The van der Waals surface area contributed by atoms with E-state index < -0.39 is 0 Å². The van der Waals surface area contributed by atoms with Gasteiger partial charge in [0.25, 0.3) is 0 Å². The summed E-state index contributed by atoms with van der Waals surface area (Å²) in [6.07, 6.45) is 4.65. The highest BCUT2D eigenvalue weighted by molar-refractivity contribution is 6.30. The minimum atomic E-state index is 0.699. The Bertz CT molecular complexity index is 481. The Balaban J connectivity index is 1.91. The molecule has 4 nitrogen and oxygen atoms in total. The average Bonchev–Trinajstić information content (AvgIpc) is 2.80. The van der Waals surface area contributed by atoms with Crippen LogP contribution in [0.25, 0.3) is 0 Å². The number of nitrogens with one attached hydrogen (secondary N) is 1. The van der Waals surface area contributed by atoms with Gasteiger partial charge < -0.3 is 10.1 Å². The maximum absolute atomic E-state index is 5.81. The summed E-state index contributed by atoms with van der Waals surface area (Å²) >= 11 is 5.81. The number of aryl methyl sites for hydroxylation is 1. The first-order chi connectivity index (χ1) is 8.78. The molecule has 1 aromatic carbocycles. The Morgan fingerprint density at radius 3 is 2.78 bits per heavy atom. The van der Waals surface area contributed by atoms with Crippen molar-refractivity contribution in [2.24, 2.45) is 0 Å². The van der Waals surface area contributed by atoms with E-state index >= 15 is 0 Å². The number of benzene rings is 1. The predicted molar refractivity (Wildman–Crippen MR) is 72.3 cm³/mol. The molecule has 5 heteroatoms. The summed E-state index contributed by atoms with van der Waals surface area (Å²) in [5.41, 5.74) is 0. The zero-order valence-electron chi connectivity index (χ0n) is 10.3. The third-order valence-electron chi connectivity index (χ3n) is 2.47. The molecule has 96 valence electrons. The molecule has 0 unspecified atom stereocenters. The summed E-state index contributed by atoms with van der Waals surface area (Å²) in [5, 5.41) is 8.04. The number of ether oxygens (including phenoxy) is 1. The summed E-state index contributed by atoms with van der Waals surface area (Å²) in [7, 11) is 1.94. The van der Waals surface area contributed by atoms with Crippen molar-refractivity contribution >= 4 is 11.6 Å². The molecule has 18 heavy (non-hydrogen) atoms. The van der Waals surface area contributed by atoms with Gasteiger partial charge >= 0.3 is 0 Å². The van der Waals surface area contributed by atoms with Crippen molar-refractivity contribution in [2.75, 3.05) is 13.6 Å². The van der Waals surface area contributed by atoms with Crippen LogP contribution in [0.15, 0.2) is 36.7 Å². The van der Waals surface area contributed by atoms with Crippen molar-refractivity contribution in [1.29, 1.82) is 0 Å². The monoisotopic (exact) mass is 265 g/mol. The van der Waals surface area contributed by atoms with Crippen molar-refractivity contribution in [1.82, 2.24) is 15.1 Å². The first-order valence-electron chi connectivity index (χ1n) is 5.88. The van der Waals surface area contributed by atoms with Gasteiger partial charge in [-0.05, 0) is 44.3 Å². The van der Waals surface area contributed by atoms with E-state index in [0.717, 1.165) is 31.0 Å². The minimum absolute atomic E-state index is 0.699. The Labute approximate surface area is 112 Å². The second-order valence-electron chi connectivity index (χ2n) is 3.95. The molecule has 0 bridgehead atoms. The smallest absolute Gasteiger partial charge is 0.165 e. The molecule has 2 rings (SSSR count). The quantitative estimate of drug-likeness (QED) is 0.817. The Morgan fingerprint density at radius 2 is 2.06 bits per heavy atom. The van der Waals surface area contributed by atoms with Crippen LogP contribution in [0.4, 0.5) is 0 Å². The molecule has 0 fully saturated rings. The molecule has 2 aromatic rings. The molecule has 0 saturated carbocycles. The fourth-order valence-electron chi connectivity index (χ4n) is 1.58. The molecule has 0 saturated heterocycles. The lowest BCUT2D eigenvalue weighted by molar-refractivity contribution is 0.480. The highest BCUT2D eigenvalue weighted by atomic mass is 35.5. The first kappa shape index (κ1) is 12.9. The lowest BCUT2D eigenvalue weighted by atomic mass is 10.3. The van der Waals surface area contributed by atoms with Crippen molar-refractivity contribution in [3.05, 3.63) is 41.7 Å². The van der Waals surface area contributed by atoms with Gasteiger partial charge in [0, 0.05) is 11.6 Å². The van der Waals surface area contributed by atoms with Crippen LogP contribution in [-0.2, 0) is 6.54 Å². The van der Waals surface area contributed by atoms with Crippen molar-refractivity contribution in [3.63, 3.8) is 0 Å². The Hall–Kier alpha value is -1.52. The van der Waals surface area contributed by atoms with Crippen molar-refractivity contribution in [3.8, 4) is 11.5 Å². The van der Waals surface area contributed by atoms with Gasteiger partial charge in [0.05, 0.1) is 12.4 Å². The number of rotatable bonds is 6. The van der Waals surface area contributed by atoms with E-state index in [9.17, 15) is 0 Å². The lowest BCUT2D eigenvalue weighted by Crippen LogP contribution is -2.11. The van der Waals surface area contributed by atoms with Gasteiger partial charge in [-0.3, -0.25) is 4.68 Å². The molecule has 0 spiro atoms. The van der Waals surface area contributed by atoms with Crippen LogP contribution in [0, 0.1) is 0 Å². The normalized spacial score (nSPS) is 10.6. The van der Waals surface area contributed by atoms with E-state index in [1.54, 1.807) is 18.3 Å². The molecule has 0 aliphatic heterocycles. The van der Waals surface area contributed by atoms with E-state index in [1.807, 2.05) is 30.1 Å². The van der Waals surface area contributed by atoms with E-state index in [4.69, 9.17) is 16.3 Å². The molecular weight excluding hydrogens is 250 g/mol. The van der Waals surface area contributed by atoms with Gasteiger partial charge in [-0.25, -0.2) is 0 Å². The summed E-state index contributed by atoms with van der Waals surface area (Å²) < 4.78 is 7.54. The van der Waals surface area contributed by atoms with Gasteiger partial charge in [0.1, 0.15) is 5.75 Å². The predicted octanol–water partition coefficient (Wildman–Crippen LogP) is 2.94. The fourth-order valence-corrected chi connectivity index (χ4v) is 1.70. The Kier molecular flexibility index (Phi) is 4.61. The van der Waals surface area contributed by atoms with Crippen molar-refractivity contribution < 1.29 is 4.74 Å². The minimum Gasteiger partial charge on any atom is -0.454 e. The average molecular weight is 266 g/mol. The molecule has 0 radical (unpaired) electrons. The van der Waals surface area contributed by atoms with Crippen LogP contribution >= 0.6 is 11.6 Å². The molecule has 0 atom stereocenters. The Morgan fingerprint density at radius 1 is 1.28 bits per heavy atom. The highest BCUT2D eigenvalue weighted by Gasteiger charge is 2.01. The van der Waals surface area contributed by atoms with Crippen LogP contribution < -0.4 is 10.1 Å². The van der Waals surface area contributed by atoms with E-state index in [-0.39, 0.29) is 0 Å². The lowest BCUT2D eigenvalue weighted by Gasteiger charge is -2.02. The van der Waals surface area contributed by atoms with Gasteiger partial charge in [-0.2, -0.15) is 5.10 Å². The van der Waals surface area contributed by atoms with Gasteiger partial charge in [0.15, 0.2) is 5.75 Å². The second kappa shape index (κ2) is 6.42. The highest BCUT2D eigenvalue weighted by Crippen LogP contribution is 2.22. The number of hydrogen-bond acceptors (Lipinski definition) is 3. The SMILES string of the molecule is CNCCCn1cc(Oc2ccc(Cl)cc2)cn1. The van der Waals surface area contributed by atoms with Crippen LogP contribution in [0.5, 0.6) is 11.5 Å². The molecule has 1 N–H and O–H groups in total. The third kappa shape index (κ3) is 3.75.